The Balaban J connectivity index is 1.94. The highest BCUT2D eigenvalue weighted by Crippen LogP contribution is 2.28. The van der Waals surface area contributed by atoms with E-state index in [1.54, 1.807) is 23.7 Å². The van der Waals surface area contributed by atoms with Crippen molar-refractivity contribution in [3.8, 4) is 11.1 Å². The van der Waals surface area contributed by atoms with Crippen molar-refractivity contribution in [2.45, 2.75) is 39.0 Å². The standard InChI is InChI=1S/C20H26N4O3S/c1-5-27-10-6-9-22-28(25,26)19-12-17(8-7-14(19)2)18-13-21-24-16(4)11-15(3)23-20(18)24/h7-8,11-13,22H,5-6,9-10H2,1-4H3. The molecule has 0 saturated carbocycles. The summed E-state index contributed by atoms with van der Waals surface area (Å²) in [6.07, 6.45) is 2.35. The van der Waals surface area contributed by atoms with E-state index in [9.17, 15) is 8.42 Å². The van der Waals surface area contributed by atoms with E-state index >= 15 is 0 Å². The largest absolute Gasteiger partial charge is 0.382 e. The van der Waals surface area contributed by atoms with Crippen LogP contribution in [0.2, 0.25) is 0 Å². The molecule has 0 fully saturated rings. The van der Waals surface area contributed by atoms with Gasteiger partial charge in [0.2, 0.25) is 10.0 Å². The zero-order chi connectivity index (χ0) is 20.3. The van der Waals surface area contributed by atoms with Gasteiger partial charge < -0.3 is 4.74 Å². The van der Waals surface area contributed by atoms with Gasteiger partial charge in [-0.2, -0.15) is 5.10 Å². The Morgan fingerprint density at radius 3 is 2.71 bits per heavy atom. The smallest absolute Gasteiger partial charge is 0.240 e. The van der Waals surface area contributed by atoms with Gasteiger partial charge in [-0.25, -0.2) is 22.6 Å². The highest BCUT2D eigenvalue weighted by molar-refractivity contribution is 7.89. The molecule has 0 spiro atoms. The number of fused-ring (bicyclic) bond motifs is 1. The van der Waals surface area contributed by atoms with E-state index in [-0.39, 0.29) is 4.90 Å². The molecule has 0 aliphatic rings. The fourth-order valence-corrected chi connectivity index (χ4v) is 4.48. The van der Waals surface area contributed by atoms with E-state index in [0.29, 0.717) is 31.7 Å². The minimum absolute atomic E-state index is 0.269. The van der Waals surface area contributed by atoms with Crippen LogP contribution in [-0.2, 0) is 14.8 Å². The first-order chi connectivity index (χ1) is 13.3. The number of rotatable bonds is 8. The van der Waals surface area contributed by atoms with Crippen LogP contribution < -0.4 is 4.72 Å². The van der Waals surface area contributed by atoms with Gasteiger partial charge in [0.25, 0.3) is 0 Å². The molecule has 2 aromatic heterocycles. The number of ether oxygens (including phenoxy) is 1. The lowest BCUT2D eigenvalue weighted by Gasteiger charge is -2.11. The third kappa shape index (κ3) is 4.24. The first-order valence-corrected chi connectivity index (χ1v) is 10.8. The molecule has 0 bridgehead atoms. The summed E-state index contributed by atoms with van der Waals surface area (Å²) in [6.45, 7) is 9.10. The van der Waals surface area contributed by atoms with Crippen molar-refractivity contribution in [3.63, 3.8) is 0 Å². The molecule has 8 heteroatoms. The molecule has 0 saturated heterocycles. The van der Waals surface area contributed by atoms with Gasteiger partial charge in [-0.3, -0.25) is 0 Å². The van der Waals surface area contributed by atoms with Gasteiger partial charge in [0.05, 0.1) is 11.1 Å². The molecule has 1 N–H and O–H groups in total. The van der Waals surface area contributed by atoms with Crippen molar-refractivity contribution in [2.75, 3.05) is 19.8 Å². The van der Waals surface area contributed by atoms with Crippen LogP contribution in [0.3, 0.4) is 0 Å². The molecule has 0 aliphatic heterocycles. The van der Waals surface area contributed by atoms with E-state index in [0.717, 1.165) is 28.2 Å². The molecule has 0 radical (unpaired) electrons. The van der Waals surface area contributed by atoms with Gasteiger partial charge in [-0.1, -0.05) is 12.1 Å². The van der Waals surface area contributed by atoms with Crippen LogP contribution >= 0.6 is 0 Å². The quantitative estimate of drug-likeness (QED) is 0.586. The Morgan fingerprint density at radius 2 is 1.96 bits per heavy atom. The Labute approximate surface area is 165 Å². The summed E-state index contributed by atoms with van der Waals surface area (Å²) in [5.41, 5.74) is 4.85. The number of nitrogens with one attached hydrogen (secondary N) is 1. The van der Waals surface area contributed by atoms with E-state index < -0.39 is 10.0 Å². The number of hydrogen-bond acceptors (Lipinski definition) is 5. The minimum atomic E-state index is -3.61. The molecular weight excluding hydrogens is 376 g/mol. The first-order valence-electron chi connectivity index (χ1n) is 9.34. The summed E-state index contributed by atoms with van der Waals surface area (Å²) in [6, 6.07) is 7.37. The molecule has 2 heterocycles. The molecule has 0 atom stereocenters. The average molecular weight is 403 g/mol. The monoisotopic (exact) mass is 402 g/mol. The molecule has 150 valence electrons. The molecular formula is C20H26N4O3S. The van der Waals surface area contributed by atoms with Gasteiger partial charge in [0.15, 0.2) is 5.65 Å². The topological polar surface area (TPSA) is 85.6 Å². The number of sulfonamides is 1. The fourth-order valence-electron chi connectivity index (χ4n) is 3.13. The number of hydrogen-bond donors (Lipinski definition) is 1. The zero-order valence-corrected chi connectivity index (χ0v) is 17.5. The SMILES string of the molecule is CCOCCCNS(=O)(=O)c1cc(-c2cnn3c(C)cc(C)nc23)ccc1C. The van der Waals surface area contributed by atoms with E-state index in [1.807, 2.05) is 39.0 Å². The third-order valence-corrected chi connectivity index (χ3v) is 6.13. The Bertz CT molecular complexity index is 1090. The first kappa shape index (κ1) is 20.4. The maximum Gasteiger partial charge on any atom is 0.240 e. The van der Waals surface area contributed by atoms with Crippen LogP contribution in [0.25, 0.3) is 16.8 Å². The zero-order valence-electron chi connectivity index (χ0n) is 16.7. The van der Waals surface area contributed by atoms with Crippen molar-refractivity contribution >= 4 is 15.7 Å². The summed E-state index contributed by atoms with van der Waals surface area (Å²) in [4.78, 5) is 4.86. The van der Waals surface area contributed by atoms with E-state index in [1.165, 1.54) is 0 Å². The highest BCUT2D eigenvalue weighted by Gasteiger charge is 2.19. The lowest BCUT2D eigenvalue weighted by Crippen LogP contribution is -2.26. The van der Waals surface area contributed by atoms with Crippen molar-refractivity contribution in [1.29, 1.82) is 0 Å². The molecule has 7 nitrogen and oxygen atoms in total. The molecule has 28 heavy (non-hydrogen) atoms. The van der Waals surface area contributed by atoms with Crippen LogP contribution in [0.5, 0.6) is 0 Å². The molecule has 0 amide bonds. The van der Waals surface area contributed by atoms with Crippen molar-refractivity contribution in [2.24, 2.45) is 0 Å². The fraction of sp³-hybridized carbons (Fsp3) is 0.400. The minimum Gasteiger partial charge on any atom is -0.382 e. The summed E-state index contributed by atoms with van der Waals surface area (Å²) in [5.74, 6) is 0. The number of benzene rings is 1. The lowest BCUT2D eigenvalue weighted by molar-refractivity contribution is 0.146. The molecule has 3 rings (SSSR count). The average Bonchev–Trinajstić information content (AvgIpc) is 3.06. The summed E-state index contributed by atoms with van der Waals surface area (Å²) < 4.78 is 35.3. The molecule has 0 unspecified atom stereocenters. The normalized spacial score (nSPS) is 12.0. The van der Waals surface area contributed by atoms with Crippen LogP contribution in [0.1, 0.15) is 30.3 Å². The summed E-state index contributed by atoms with van der Waals surface area (Å²) in [5, 5.41) is 4.40. The Kier molecular flexibility index (Phi) is 6.12. The Hall–Kier alpha value is -2.29. The van der Waals surface area contributed by atoms with Gasteiger partial charge in [-0.15, -0.1) is 0 Å². The predicted molar refractivity (Wildman–Crippen MR) is 109 cm³/mol. The summed E-state index contributed by atoms with van der Waals surface area (Å²) in [7, 11) is -3.61. The molecule has 3 aromatic rings. The maximum absolute atomic E-state index is 12.8. The summed E-state index contributed by atoms with van der Waals surface area (Å²) >= 11 is 0. The Morgan fingerprint density at radius 1 is 1.18 bits per heavy atom. The van der Waals surface area contributed by atoms with Crippen molar-refractivity contribution in [1.82, 2.24) is 19.3 Å². The second-order valence-electron chi connectivity index (χ2n) is 6.76. The number of nitrogens with zero attached hydrogens (tertiary/aromatic N) is 3. The van der Waals surface area contributed by atoms with Gasteiger partial charge >= 0.3 is 0 Å². The molecule has 1 aromatic carbocycles. The van der Waals surface area contributed by atoms with E-state index in [4.69, 9.17) is 4.74 Å². The van der Waals surface area contributed by atoms with Crippen LogP contribution in [0.15, 0.2) is 35.4 Å². The van der Waals surface area contributed by atoms with Crippen molar-refractivity contribution < 1.29 is 13.2 Å². The van der Waals surface area contributed by atoms with E-state index in [2.05, 4.69) is 14.8 Å². The lowest BCUT2D eigenvalue weighted by atomic mass is 10.1. The van der Waals surface area contributed by atoms with Crippen LogP contribution in [0, 0.1) is 20.8 Å². The van der Waals surface area contributed by atoms with Gasteiger partial charge in [0.1, 0.15) is 0 Å². The number of aromatic nitrogens is 3. The van der Waals surface area contributed by atoms with Gasteiger partial charge in [-0.05, 0) is 57.4 Å². The van der Waals surface area contributed by atoms with Gasteiger partial charge in [0, 0.05) is 36.7 Å². The van der Waals surface area contributed by atoms with Crippen molar-refractivity contribution in [3.05, 3.63) is 47.4 Å². The maximum atomic E-state index is 12.8. The highest BCUT2D eigenvalue weighted by atomic mass is 32.2. The van der Waals surface area contributed by atoms with Crippen LogP contribution in [-0.4, -0.2) is 42.8 Å². The third-order valence-electron chi connectivity index (χ3n) is 4.53. The molecule has 0 aliphatic carbocycles. The number of aryl methyl sites for hydroxylation is 3. The predicted octanol–water partition coefficient (Wildman–Crippen LogP) is 3.03. The van der Waals surface area contributed by atoms with Crippen LogP contribution in [0.4, 0.5) is 0 Å². The second kappa shape index (κ2) is 8.38. The second-order valence-corrected chi connectivity index (χ2v) is 8.50.